The minimum Gasteiger partial charge on any atom is -0.338 e. The average Bonchev–Trinajstić information content (AvgIpc) is 3.41. The number of thiophene rings is 1. The number of amides is 2. The van der Waals surface area contributed by atoms with Crippen LogP contribution in [0.15, 0.2) is 30.5 Å². The molecule has 3 heterocycles. The van der Waals surface area contributed by atoms with Crippen LogP contribution in [0, 0.1) is 17.5 Å². The van der Waals surface area contributed by atoms with E-state index in [1.807, 2.05) is 44.7 Å². The number of aryl methyl sites for hydroxylation is 2. The van der Waals surface area contributed by atoms with Crippen molar-refractivity contribution in [2.75, 3.05) is 19.6 Å². The zero-order valence-corrected chi connectivity index (χ0v) is 21.5. The van der Waals surface area contributed by atoms with Gasteiger partial charge in [-0.05, 0) is 76.8 Å². The van der Waals surface area contributed by atoms with Crippen LogP contribution in [-0.2, 0) is 12.0 Å². The van der Waals surface area contributed by atoms with Gasteiger partial charge in [0.15, 0.2) is 5.13 Å². The van der Waals surface area contributed by atoms with E-state index in [-0.39, 0.29) is 31.1 Å². The van der Waals surface area contributed by atoms with Crippen molar-refractivity contribution in [1.29, 1.82) is 0 Å². The lowest BCUT2D eigenvalue weighted by atomic mass is 9.74. The molecule has 5 nitrogen and oxygen atoms in total. The minimum absolute atomic E-state index is 0.139. The summed E-state index contributed by atoms with van der Waals surface area (Å²) in [6.07, 6.45) is -1.53. The Morgan fingerprint density at radius 1 is 1.26 bits per heavy atom. The maximum atomic E-state index is 14.5. The molecule has 2 aromatic rings. The molecular formula is C25H34F4N4OS. The molecule has 3 rings (SSSR count). The molecular weight excluding hydrogens is 480 g/mol. The molecule has 1 unspecified atom stereocenters. The van der Waals surface area contributed by atoms with Gasteiger partial charge in [-0.3, -0.25) is 9.88 Å². The molecule has 2 amide bonds. The van der Waals surface area contributed by atoms with Crippen LogP contribution in [-0.4, -0.2) is 47.8 Å². The van der Waals surface area contributed by atoms with E-state index < -0.39 is 29.2 Å². The molecule has 0 saturated carbocycles. The first kappa shape index (κ1) is 27.4. The summed E-state index contributed by atoms with van der Waals surface area (Å²) in [7, 11) is 0. The van der Waals surface area contributed by atoms with Crippen LogP contribution in [0.25, 0.3) is 0 Å². The molecule has 0 radical (unpaired) electrons. The average molecular weight is 515 g/mol. The van der Waals surface area contributed by atoms with E-state index >= 15 is 0 Å². The molecule has 1 fully saturated rings. The van der Waals surface area contributed by atoms with Crippen LogP contribution in [0.5, 0.6) is 0 Å². The minimum atomic E-state index is -4.64. The normalized spacial score (nSPS) is 20.1. The summed E-state index contributed by atoms with van der Waals surface area (Å²) in [6, 6.07) is 3.94. The van der Waals surface area contributed by atoms with E-state index in [0.29, 0.717) is 24.3 Å². The van der Waals surface area contributed by atoms with Gasteiger partial charge in [-0.2, -0.15) is 17.6 Å². The summed E-state index contributed by atoms with van der Waals surface area (Å²) >= 11 is 0.949. The molecule has 2 atom stereocenters. The fraction of sp³-hybridized carbons (Fsp3) is 0.600. The van der Waals surface area contributed by atoms with Gasteiger partial charge in [0.2, 0.25) is 0 Å². The maximum absolute atomic E-state index is 14.5. The Morgan fingerprint density at radius 3 is 2.57 bits per heavy atom. The summed E-state index contributed by atoms with van der Waals surface area (Å²) in [4.78, 5) is 19.5. The number of hydrogen-bond acceptors (Lipinski definition) is 4. The van der Waals surface area contributed by atoms with Crippen molar-refractivity contribution >= 4 is 17.4 Å². The number of carbonyl (C=O) groups excluding carboxylic acids is 1. The lowest BCUT2D eigenvalue weighted by Crippen LogP contribution is -2.59. The van der Waals surface area contributed by atoms with Crippen LogP contribution < -0.4 is 10.6 Å². The second-order valence-electron chi connectivity index (χ2n) is 9.86. The smallest absolute Gasteiger partial charge is 0.338 e. The van der Waals surface area contributed by atoms with Crippen LogP contribution >= 0.6 is 11.3 Å². The molecule has 194 valence electrons. The highest BCUT2D eigenvalue weighted by Gasteiger charge is 2.57. The monoisotopic (exact) mass is 514 g/mol. The number of aromatic nitrogens is 1. The van der Waals surface area contributed by atoms with E-state index in [2.05, 4.69) is 15.6 Å². The SMILES string of the molecule is CCCNC(=O)N[C@@H](C(F)(F)F)C1(CCc2ccc(F)s2)CCN(C(C)(C)c2ccc(C)nc2)C1. The van der Waals surface area contributed by atoms with Crippen molar-refractivity contribution in [3.05, 3.63) is 51.7 Å². The number of rotatable bonds is 9. The zero-order valence-electron chi connectivity index (χ0n) is 20.6. The molecule has 0 bridgehead atoms. The van der Waals surface area contributed by atoms with Crippen molar-refractivity contribution < 1.29 is 22.4 Å². The first-order chi connectivity index (χ1) is 16.4. The highest BCUT2D eigenvalue weighted by atomic mass is 32.1. The molecule has 10 heteroatoms. The van der Waals surface area contributed by atoms with Crippen molar-refractivity contribution in [3.63, 3.8) is 0 Å². The Bertz CT molecular complexity index is 992. The zero-order chi connectivity index (χ0) is 25.9. The maximum Gasteiger partial charge on any atom is 0.409 e. The lowest BCUT2D eigenvalue weighted by Gasteiger charge is -2.42. The highest BCUT2D eigenvalue weighted by molar-refractivity contribution is 7.10. The van der Waals surface area contributed by atoms with Gasteiger partial charge in [-0.25, -0.2) is 4.79 Å². The Labute approximate surface area is 208 Å². The van der Waals surface area contributed by atoms with E-state index in [9.17, 15) is 22.4 Å². The molecule has 0 aromatic carbocycles. The molecule has 0 spiro atoms. The number of urea groups is 1. The van der Waals surface area contributed by atoms with E-state index in [1.165, 1.54) is 6.07 Å². The van der Waals surface area contributed by atoms with Crippen LogP contribution in [0.4, 0.5) is 22.4 Å². The fourth-order valence-corrected chi connectivity index (χ4v) is 5.56. The van der Waals surface area contributed by atoms with E-state index in [4.69, 9.17) is 0 Å². The predicted molar refractivity (Wildman–Crippen MR) is 130 cm³/mol. The number of carbonyl (C=O) groups is 1. The largest absolute Gasteiger partial charge is 0.409 e. The molecule has 0 aliphatic carbocycles. The number of halogens is 4. The summed E-state index contributed by atoms with van der Waals surface area (Å²) in [5.41, 5.74) is -0.0465. The Balaban J connectivity index is 1.92. The van der Waals surface area contributed by atoms with Gasteiger partial charge in [0, 0.05) is 40.8 Å². The number of hydrogen-bond donors (Lipinski definition) is 2. The Morgan fingerprint density at radius 2 is 2.00 bits per heavy atom. The molecule has 2 aromatic heterocycles. The Kier molecular flexibility index (Phi) is 8.47. The van der Waals surface area contributed by atoms with Gasteiger partial charge in [-0.15, -0.1) is 11.3 Å². The van der Waals surface area contributed by atoms with Crippen LogP contribution in [0.3, 0.4) is 0 Å². The number of nitrogens with zero attached hydrogens (tertiary/aromatic N) is 2. The summed E-state index contributed by atoms with van der Waals surface area (Å²) in [5.74, 6) is 0. The van der Waals surface area contributed by atoms with Gasteiger partial charge in [0.1, 0.15) is 6.04 Å². The van der Waals surface area contributed by atoms with Crippen molar-refractivity contribution in [2.45, 2.75) is 71.1 Å². The lowest BCUT2D eigenvalue weighted by molar-refractivity contribution is -0.181. The first-order valence-electron chi connectivity index (χ1n) is 11.9. The number of pyridine rings is 1. The van der Waals surface area contributed by atoms with Gasteiger partial charge < -0.3 is 10.6 Å². The molecule has 2 N–H and O–H groups in total. The van der Waals surface area contributed by atoms with E-state index in [1.54, 1.807) is 12.3 Å². The second-order valence-corrected chi connectivity index (χ2v) is 11.0. The molecule has 1 aliphatic rings. The fourth-order valence-electron chi connectivity index (χ4n) is 4.83. The summed E-state index contributed by atoms with van der Waals surface area (Å²) in [5, 5.41) is 4.39. The van der Waals surface area contributed by atoms with Gasteiger partial charge in [0.05, 0.1) is 0 Å². The van der Waals surface area contributed by atoms with Crippen LogP contribution in [0.1, 0.15) is 56.2 Å². The molecule has 35 heavy (non-hydrogen) atoms. The predicted octanol–water partition coefficient (Wildman–Crippen LogP) is 5.79. The summed E-state index contributed by atoms with van der Waals surface area (Å²) in [6.45, 7) is 8.54. The topological polar surface area (TPSA) is 57.3 Å². The number of alkyl halides is 3. The number of likely N-dealkylation sites (tertiary alicyclic amines) is 1. The van der Waals surface area contributed by atoms with Crippen molar-refractivity contribution in [3.8, 4) is 0 Å². The third kappa shape index (κ3) is 6.52. The highest BCUT2D eigenvalue weighted by Crippen LogP contribution is 2.48. The standard InChI is InChI=1S/C25H34F4N4OS/c1-5-13-30-22(34)32-21(25(27,28)29)24(11-10-19-8-9-20(26)35-19)12-14-33(16-24)23(3,4)18-7-6-17(2)31-15-18/h6-9,15,21H,5,10-14,16H2,1-4H3,(H2,30,32,34)/t21-,24?/m1/s1. The molecule has 1 saturated heterocycles. The van der Waals surface area contributed by atoms with E-state index in [0.717, 1.165) is 22.6 Å². The quantitative estimate of drug-likeness (QED) is 0.417. The van der Waals surface area contributed by atoms with Gasteiger partial charge in [0.25, 0.3) is 0 Å². The van der Waals surface area contributed by atoms with Crippen molar-refractivity contribution in [1.82, 2.24) is 20.5 Å². The third-order valence-corrected chi connectivity index (χ3v) is 7.98. The number of nitrogens with one attached hydrogen (secondary N) is 2. The first-order valence-corrected chi connectivity index (χ1v) is 12.7. The third-order valence-electron chi connectivity index (χ3n) is 7.04. The van der Waals surface area contributed by atoms with Crippen molar-refractivity contribution in [2.24, 2.45) is 5.41 Å². The van der Waals surface area contributed by atoms with Gasteiger partial charge >= 0.3 is 12.2 Å². The second kappa shape index (κ2) is 10.8. The van der Waals surface area contributed by atoms with Gasteiger partial charge in [-0.1, -0.05) is 13.0 Å². The summed E-state index contributed by atoms with van der Waals surface area (Å²) < 4.78 is 57.0. The molecule has 1 aliphatic heterocycles. The van der Waals surface area contributed by atoms with Crippen LogP contribution in [0.2, 0.25) is 0 Å². The Hall–Kier alpha value is -2.20.